The number of carbonyl (C=O) groups is 8. The van der Waals surface area contributed by atoms with E-state index in [2.05, 4.69) is 31.9 Å². The molecule has 2 aromatic rings. The summed E-state index contributed by atoms with van der Waals surface area (Å²) in [6, 6.07) is 8.95. The molecular weight excluding hydrogens is 829 g/mol. The molecule has 3 rings (SSSR count). The van der Waals surface area contributed by atoms with Crippen LogP contribution in [0, 0.1) is 17.2 Å². The van der Waals surface area contributed by atoms with Gasteiger partial charge >= 0.3 is 11.9 Å². The maximum absolute atomic E-state index is 14.4. The highest BCUT2D eigenvalue weighted by Gasteiger charge is 2.40. The molecule has 0 aliphatic carbocycles. The molecule has 0 unspecified atom stereocenters. The Hall–Kier alpha value is -6.57. The molecule has 20 nitrogen and oxygen atoms in total. The number of guanidine groups is 1. The number of nitrogens with zero attached hydrogens (tertiary/aromatic N) is 1. The van der Waals surface area contributed by atoms with Crippen LogP contribution in [0.15, 0.2) is 60.7 Å². The van der Waals surface area contributed by atoms with E-state index in [1.807, 2.05) is 0 Å². The summed E-state index contributed by atoms with van der Waals surface area (Å²) in [5, 5.41) is 42.6. The Morgan fingerprint density at radius 2 is 1.25 bits per heavy atom. The van der Waals surface area contributed by atoms with Gasteiger partial charge in [0, 0.05) is 32.4 Å². The molecule has 0 aromatic heterocycles. The van der Waals surface area contributed by atoms with Gasteiger partial charge < -0.3 is 58.5 Å². The topological polar surface area (TPSA) is 328 Å². The number of aliphatic carboxylic acids is 2. The second kappa shape index (κ2) is 25.5. The van der Waals surface area contributed by atoms with Crippen LogP contribution >= 0.6 is 0 Å². The zero-order valence-electron chi connectivity index (χ0n) is 36.8. The van der Waals surface area contributed by atoms with Crippen molar-refractivity contribution in [3.8, 4) is 0 Å². The number of benzene rings is 2. The summed E-state index contributed by atoms with van der Waals surface area (Å²) in [7, 11) is 0. The van der Waals surface area contributed by atoms with Gasteiger partial charge in [0.15, 0.2) is 5.96 Å². The maximum Gasteiger partial charge on any atom is 0.326 e. The van der Waals surface area contributed by atoms with Gasteiger partial charge in [-0.2, -0.15) is 0 Å². The second-order valence-corrected chi connectivity index (χ2v) is 16.6. The lowest BCUT2D eigenvalue weighted by molar-refractivity contribution is -0.145. The summed E-state index contributed by atoms with van der Waals surface area (Å²) in [4.78, 5) is 108. The molecule has 7 atom stereocenters. The van der Waals surface area contributed by atoms with Crippen LogP contribution < -0.4 is 43.4 Å². The molecule has 1 saturated heterocycles. The Balaban J connectivity index is 1.89. The quantitative estimate of drug-likeness (QED) is 0.0348. The van der Waals surface area contributed by atoms with Gasteiger partial charge in [-0.1, -0.05) is 88.4 Å². The summed E-state index contributed by atoms with van der Waals surface area (Å²) in [6.45, 7) is 7.00. The lowest BCUT2D eigenvalue weighted by atomic mass is 9.99. The van der Waals surface area contributed by atoms with E-state index < -0.39 is 102 Å². The van der Waals surface area contributed by atoms with Gasteiger partial charge in [0.2, 0.25) is 35.4 Å². The molecule has 6 amide bonds. The fourth-order valence-electron chi connectivity index (χ4n) is 7.10. The van der Waals surface area contributed by atoms with Crippen molar-refractivity contribution < 1.29 is 48.6 Å². The normalized spacial score (nSPS) is 16.3. The number of carboxylic acids is 2. The minimum Gasteiger partial charge on any atom is -0.481 e. The van der Waals surface area contributed by atoms with E-state index in [0.29, 0.717) is 17.5 Å². The van der Waals surface area contributed by atoms with Gasteiger partial charge in [-0.25, -0.2) is 4.79 Å². The molecule has 0 radical (unpaired) electrons. The van der Waals surface area contributed by atoms with Crippen molar-refractivity contribution in [2.45, 2.75) is 121 Å². The number of nitrogens with one attached hydrogen (secondary N) is 7. The second-order valence-electron chi connectivity index (χ2n) is 16.6. The fourth-order valence-corrected chi connectivity index (χ4v) is 7.10. The Bertz CT molecular complexity index is 1930. The van der Waals surface area contributed by atoms with Gasteiger partial charge in [-0.15, -0.1) is 0 Å². The van der Waals surface area contributed by atoms with E-state index in [-0.39, 0.29) is 63.5 Å². The van der Waals surface area contributed by atoms with Gasteiger partial charge in [0.25, 0.3) is 0 Å². The Labute approximate surface area is 372 Å². The number of likely N-dealkylation sites (tertiary alicyclic amines) is 1. The molecule has 0 saturated carbocycles. The van der Waals surface area contributed by atoms with Crippen molar-refractivity contribution in [2.24, 2.45) is 23.3 Å². The lowest BCUT2D eigenvalue weighted by Crippen LogP contribution is -2.61. The van der Waals surface area contributed by atoms with Crippen LogP contribution in [0.2, 0.25) is 0 Å². The SMILES string of the molecule is CC(C)[C@H](N)C(=O)N[C@@H](CCC(=O)O)C(=O)N[C@H](C(=O)N[C@@H](Cc1ccccc1)C(=O)N[C@@H](CCCNC(=N)N)C(=O)N1CCC[C@H]1C(=O)N[C@@H](Cc1ccccc1)C(=O)O)C(C)C. The smallest absolute Gasteiger partial charge is 0.326 e. The monoisotopic (exact) mass is 892 g/mol. The van der Waals surface area contributed by atoms with Crippen molar-refractivity contribution in [2.75, 3.05) is 13.1 Å². The summed E-state index contributed by atoms with van der Waals surface area (Å²) >= 11 is 0. The van der Waals surface area contributed by atoms with Gasteiger partial charge in [-0.3, -0.25) is 39.0 Å². The van der Waals surface area contributed by atoms with Crippen molar-refractivity contribution in [1.29, 1.82) is 5.41 Å². The maximum atomic E-state index is 14.4. The number of carbonyl (C=O) groups excluding carboxylic acids is 6. The average molecular weight is 893 g/mol. The fraction of sp³-hybridized carbons (Fsp3) is 0.523. The Morgan fingerprint density at radius 1 is 0.703 bits per heavy atom. The van der Waals surface area contributed by atoms with E-state index >= 15 is 0 Å². The molecule has 0 spiro atoms. The third kappa shape index (κ3) is 16.6. The third-order valence-electron chi connectivity index (χ3n) is 10.8. The van der Waals surface area contributed by atoms with Gasteiger partial charge in [-0.05, 0) is 55.1 Å². The average Bonchev–Trinajstić information content (AvgIpc) is 3.75. The zero-order valence-corrected chi connectivity index (χ0v) is 36.8. The summed E-state index contributed by atoms with van der Waals surface area (Å²) in [5.41, 5.74) is 12.8. The first-order chi connectivity index (χ1) is 30.3. The predicted molar refractivity (Wildman–Crippen MR) is 236 cm³/mol. The van der Waals surface area contributed by atoms with Crippen molar-refractivity contribution in [1.82, 2.24) is 36.8 Å². The summed E-state index contributed by atoms with van der Waals surface area (Å²) < 4.78 is 0. The van der Waals surface area contributed by atoms with E-state index in [1.165, 1.54) is 4.90 Å². The van der Waals surface area contributed by atoms with Crippen LogP contribution in [0.25, 0.3) is 0 Å². The number of rotatable bonds is 25. The molecule has 1 heterocycles. The standard InChI is InChI=1S/C44H64N10O10/c1-25(2)35(45)40(60)49-29(19-20-34(55)56)37(57)53-36(26(3)4)41(61)51-31(23-27-13-7-5-8-14-27)38(58)50-30(17-11-21-48-44(46)47)42(62)54-22-12-18-33(54)39(59)52-32(43(63)64)24-28-15-9-6-10-16-28/h5-10,13-16,25-26,29-33,35-36H,11-12,17-24,45H2,1-4H3,(H,49,60)(H,50,58)(H,51,61)(H,52,59)(H,53,57)(H,55,56)(H,63,64)(H4,46,47,48)/t29-,30-,31-,32-,33-,35-,36-/m0/s1. The largest absolute Gasteiger partial charge is 0.481 e. The number of nitrogens with two attached hydrogens (primary N) is 2. The molecule has 0 bridgehead atoms. The van der Waals surface area contributed by atoms with Crippen LogP contribution in [-0.4, -0.2) is 124 Å². The number of hydrogen-bond donors (Lipinski definition) is 11. The minimum atomic E-state index is -1.36. The highest BCUT2D eigenvalue weighted by Crippen LogP contribution is 2.21. The van der Waals surface area contributed by atoms with E-state index in [1.54, 1.807) is 88.4 Å². The van der Waals surface area contributed by atoms with Gasteiger partial charge in [0.05, 0.1) is 6.04 Å². The van der Waals surface area contributed by atoms with E-state index in [9.17, 15) is 48.6 Å². The van der Waals surface area contributed by atoms with E-state index in [4.69, 9.17) is 16.9 Å². The molecule has 13 N–H and O–H groups in total. The third-order valence-corrected chi connectivity index (χ3v) is 10.8. The highest BCUT2D eigenvalue weighted by atomic mass is 16.4. The van der Waals surface area contributed by atoms with Crippen LogP contribution in [0.1, 0.15) is 77.3 Å². The zero-order chi connectivity index (χ0) is 47.5. The number of carboxylic acid groups (broad SMARTS) is 2. The van der Waals surface area contributed by atoms with Crippen LogP contribution in [-0.2, 0) is 51.2 Å². The molecule has 1 aliphatic rings. The van der Waals surface area contributed by atoms with E-state index in [0.717, 1.165) is 0 Å². The Morgan fingerprint density at radius 3 is 1.78 bits per heavy atom. The van der Waals surface area contributed by atoms with Crippen LogP contribution in [0.4, 0.5) is 0 Å². The van der Waals surface area contributed by atoms with Crippen molar-refractivity contribution >= 4 is 53.3 Å². The molecule has 20 heteroatoms. The number of hydrogen-bond acceptors (Lipinski definition) is 10. The van der Waals surface area contributed by atoms with Crippen LogP contribution in [0.5, 0.6) is 0 Å². The first-order valence-corrected chi connectivity index (χ1v) is 21.5. The predicted octanol–water partition coefficient (Wildman–Crippen LogP) is -0.261. The van der Waals surface area contributed by atoms with Crippen molar-refractivity contribution in [3.63, 3.8) is 0 Å². The molecule has 64 heavy (non-hydrogen) atoms. The summed E-state index contributed by atoms with van der Waals surface area (Å²) in [5.74, 6) is -8.00. The van der Waals surface area contributed by atoms with Crippen molar-refractivity contribution in [3.05, 3.63) is 71.8 Å². The van der Waals surface area contributed by atoms with Crippen LogP contribution in [0.3, 0.4) is 0 Å². The lowest BCUT2D eigenvalue weighted by Gasteiger charge is -2.31. The summed E-state index contributed by atoms with van der Waals surface area (Å²) in [6.07, 6.45) is 0.0946. The minimum absolute atomic E-state index is 0.00908. The molecule has 350 valence electrons. The molecule has 2 aromatic carbocycles. The molecule has 1 fully saturated rings. The van der Waals surface area contributed by atoms with Gasteiger partial charge in [0.1, 0.15) is 36.3 Å². The first-order valence-electron chi connectivity index (χ1n) is 21.5. The molecular formula is C44H64N10O10. The Kier molecular flexibility index (Phi) is 20.6. The first kappa shape index (κ1) is 51.8. The number of amides is 6. The molecule has 1 aliphatic heterocycles. The highest BCUT2D eigenvalue weighted by molar-refractivity contribution is 5.97.